The Morgan fingerprint density at radius 2 is 2.20 bits per heavy atom. The van der Waals surface area contributed by atoms with Gasteiger partial charge in [-0.3, -0.25) is 10.1 Å². The molecular formula is C14H16N2O3S. The first kappa shape index (κ1) is 14.5. The molecule has 1 N–H and O–H groups in total. The zero-order valence-electron chi connectivity index (χ0n) is 11.3. The van der Waals surface area contributed by atoms with E-state index in [1.807, 2.05) is 36.4 Å². The van der Waals surface area contributed by atoms with Crippen molar-refractivity contribution in [2.24, 2.45) is 0 Å². The smallest absolute Gasteiger partial charge is 0.292 e. The molecule has 0 radical (unpaired) electrons. The number of aliphatic hydroxyl groups excluding tert-OH is 1. The minimum Gasteiger partial charge on any atom is -0.392 e. The van der Waals surface area contributed by atoms with E-state index in [0.717, 1.165) is 4.88 Å². The first-order valence-corrected chi connectivity index (χ1v) is 7.07. The molecule has 2 rings (SSSR count). The van der Waals surface area contributed by atoms with Gasteiger partial charge >= 0.3 is 0 Å². The number of hydrogen-bond acceptors (Lipinski definition) is 5. The normalized spacial score (nSPS) is 12.2. The lowest BCUT2D eigenvalue weighted by molar-refractivity contribution is -0.384. The Bertz CT molecular complexity index is 598. The van der Waals surface area contributed by atoms with Crippen molar-refractivity contribution in [2.75, 3.05) is 11.9 Å². The third-order valence-corrected chi connectivity index (χ3v) is 4.38. The first-order chi connectivity index (χ1) is 9.54. The third-order valence-electron chi connectivity index (χ3n) is 3.33. The maximum atomic E-state index is 11.2. The molecule has 106 valence electrons. The summed E-state index contributed by atoms with van der Waals surface area (Å²) in [5.74, 6) is 0. The van der Waals surface area contributed by atoms with Crippen molar-refractivity contribution in [3.05, 3.63) is 56.3 Å². The molecule has 0 bridgehead atoms. The third kappa shape index (κ3) is 2.81. The van der Waals surface area contributed by atoms with Crippen molar-refractivity contribution >= 4 is 22.7 Å². The quantitative estimate of drug-likeness (QED) is 0.678. The lowest BCUT2D eigenvalue weighted by atomic mass is 10.1. The van der Waals surface area contributed by atoms with Gasteiger partial charge in [-0.05, 0) is 30.0 Å². The van der Waals surface area contributed by atoms with Crippen LogP contribution in [-0.2, 0) is 6.61 Å². The molecule has 20 heavy (non-hydrogen) atoms. The minimum atomic E-state index is -0.411. The van der Waals surface area contributed by atoms with Gasteiger partial charge in [0.25, 0.3) is 5.69 Å². The molecular weight excluding hydrogens is 276 g/mol. The summed E-state index contributed by atoms with van der Waals surface area (Å²) in [6.45, 7) is 1.81. The largest absolute Gasteiger partial charge is 0.392 e. The zero-order chi connectivity index (χ0) is 14.7. The van der Waals surface area contributed by atoms with E-state index in [9.17, 15) is 10.1 Å². The van der Waals surface area contributed by atoms with Crippen LogP contribution in [0.15, 0.2) is 35.7 Å². The van der Waals surface area contributed by atoms with E-state index in [1.165, 1.54) is 6.07 Å². The molecule has 1 atom stereocenters. The Labute approximate surface area is 121 Å². The van der Waals surface area contributed by atoms with Crippen LogP contribution in [-0.4, -0.2) is 17.1 Å². The van der Waals surface area contributed by atoms with Crippen LogP contribution in [0.1, 0.15) is 23.4 Å². The molecule has 6 heteroatoms. The second kappa shape index (κ2) is 6.02. The number of aliphatic hydroxyl groups is 1. The van der Waals surface area contributed by atoms with Crippen molar-refractivity contribution in [3.8, 4) is 0 Å². The number of nitro groups is 1. The van der Waals surface area contributed by atoms with Gasteiger partial charge in [-0.2, -0.15) is 0 Å². The minimum absolute atomic E-state index is 0.0162. The van der Waals surface area contributed by atoms with E-state index in [-0.39, 0.29) is 18.3 Å². The highest BCUT2D eigenvalue weighted by atomic mass is 32.1. The SMILES string of the molecule is CC(c1cccs1)N(C)c1ccc(CO)cc1[N+](=O)[O-]. The molecule has 0 fully saturated rings. The van der Waals surface area contributed by atoms with E-state index in [1.54, 1.807) is 23.5 Å². The van der Waals surface area contributed by atoms with Crippen LogP contribution in [0, 0.1) is 10.1 Å². The van der Waals surface area contributed by atoms with Crippen molar-refractivity contribution in [1.29, 1.82) is 0 Å². The fourth-order valence-corrected chi connectivity index (χ4v) is 2.87. The van der Waals surface area contributed by atoms with Crippen LogP contribution < -0.4 is 4.90 Å². The van der Waals surface area contributed by atoms with Gasteiger partial charge in [0, 0.05) is 18.0 Å². The number of anilines is 1. The second-order valence-electron chi connectivity index (χ2n) is 4.54. The maximum absolute atomic E-state index is 11.2. The molecule has 0 aliphatic rings. The van der Waals surface area contributed by atoms with Gasteiger partial charge in [-0.15, -0.1) is 11.3 Å². The zero-order valence-corrected chi connectivity index (χ0v) is 12.1. The number of benzene rings is 1. The van der Waals surface area contributed by atoms with Crippen molar-refractivity contribution in [3.63, 3.8) is 0 Å². The summed E-state index contributed by atoms with van der Waals surface area (Å²) in [5, 5.41) is 22.3. The molecule has 0 amide bonds. The Morgan fingerprint density at radius 3 is 2.75 bits per heavy atom. The summed E-state index contributed by atoms with van der Waals surface area (Å²) in [6.07, 6.45) is 0. The molecule has 0 spiro atoms. The predicted octanol–water partition coefficient (Wildman–Crippen LogP) is 3.35. The van der Waals surface area contributed by atoms with Crippen molar-refractivity contribution < 1.29 is 10.0 Å². The Morgan fingerprint density at radius 1 is 1.45 bits per heavy atom. The number of rotatable bonds is 5. The van der Waals surface area contributed by atoms with Crippen LogP contribution in [0.5, 0.6) is 0 Å². The topological polar surface area (TPSA) is 66.6 Å². The Balaban J connectivity index is 2.38. The van der Waals surface area contributed by atoms with Gasteiger partial charge in [-0.25, -0.2) is 0 Å². The van der Waals surface area contributed by atoms with E-state index < -0.39 is 4.92 Å². The summed E-state index contributed by atoms with van der Waals surface area (Å²) in [4.78, 5) is 13.8. The summed E-state index contributed by atoms with van der Waals surface area (Å²) in [6, 6.07) is 8.85. The molecule has 0 aliphatic heterocycles. The van der Waals surface area contributed by atoms with Gasteiger partial charge in [0.1, 0.15) is 5.69 Å². The van der Waals surface area contributed by atoms with Crippen LogP contribution >= 0.6 is 11.3 Å². The number of hydrogen-bond donors (Lipinski definition) is 1. The van der Waals surface area contributed by atoms with Crippen molar-refractivity contribution in [1.82, 2.24) is 0 Å². The highest BCUT2D eigenvalue weighted by Crippen LogP contribution is 2.34. The molecule has 5 nitrogen and oxygen atoms in total. The molecule has 0 saturated carbocycles. The molecule has 1 unspecified atom stereocenters. The summed E-state index contributed by atoms with van der Waals surface area (Å²) in [7, 11) is 1.84. The first-order valence-electron chi connectivity index (χ1n) is 6.19. The Kier molecular flexibility index (Phi) is 4.36. The van der Waals surface area contributed by atoms with Gasteiger partial charge in [0.05, 0.1) is 17.6 Å². The van der Waals surface area contributed by atoms with E-state index >= 15 is 0 Å². The summed E-state index contributed by atoms with van der Waals surface area (Å²) >= 11 is 1.62. The predicted molar refractivity (Wildman–Crippen MR) is 80.2 cm³/mol. The molecule has 2 aromatic rings. The second-order valence-corrected chi connectivity index (χ2v) is 5.52. The van der Waals surface area contributed by atoms with Crippen molar-refractivity contribution in [2.45, 2.75) is 19.6 Å². The van der Waals surface area contributed by atoms with Crippen LogP contribution in [0.25, 0.3) is 0 Å². The molecule has 0 aliphatic carbocycles. The monoisotopic (exact) mass is 292 g/mol. The highest BCUT2D eigenvalue weighted by Gasteiger charge is 2.22. The maximum Gasteiger partial charge on any atom is 0.292 e. The number of nitro benzene ring substituents is 1. The summed E-state index contributed by atoms with van der Waals surface area (Å²) in [5.41, 5.74) is 1.10. The van der Waals surface area contributed by atoms with Crippen LogP contribution in [0.2, 0.25) is 0 Å². The molecule has 0 saturated heterocycles. The molecule has 1 heterocycles. The molecule has 1 aromatic carbocycles. The average Bonchev–Trinajstić information content (AvgIpc) is 2.99. The van der Waals surface area contributed by atoms with E-state index in [0.29, 0.717) is 11.3 Å². The van der Waals surface area contributed by atoms with Gasteiger partial charge in [-0.1, -0.05) is 12.1 Å². The van der Waals surface area contributed by atoms with Crippen LogP contribution in [0.3, 0.4) is 0 Å². The fraction of sp³-hybridized carbons (Fsp3) is 0.286. The van der Waals surface area contributed by atoms with E-state index in [2.05, 4.69) is 0 Å². The summed E-state index contributed by atoms with van der Waals surface area (Å²) < 4.78 is 0. The van der Waals surface area contributed by atoms with Gasteiger partial charge < -0.3 is 10.0 Å². The standard InChI is InChI=1S/C14H16N2O3S/c1-10(14-4-3-7-20-14)15(2)12-6-5-11(9-17)8-13(12)16(18)19/h3-8,10,17H,9H2,1-2H3. The van der Waals surface area contributed by atoms with Gasteiger partial charge in [0.15, 0.2) is 0 Å². The highest BCUT2D eigenvalue weighted by molar-refractivity contribution is 7.10. The van der Waals surface area contributed by atoms with Crippen LogP contribution in [0.4, 0.5) is 11.4 Å². The average molecular weight is 292 g/mol. The fourth-order valence-electron chi connectivity index (χ4n) is 2.04. The van der Waals surface area contributed by atoms with E-state index in [4.69, 9.17) is 5.11 Å². The van der Waals surface area contributed by atoms with Gasteiger partial charge in [0.2, 0.25) is 0 Å². The Hall–Kier alpha value is -1.92. The lowest BCUT2D eigenvalue weighted by Gasteiger charge is -2.26. The molecule has 1 aromatic heterocycles. The number of nitrogens with zero attached hydrogens (tertiary/aromatic N) is 2. The lowest BCUT2D eigenvalue weighted by Crippen LogP contribution is -2.21. The number of thiophene rings is 1.